The van der Waals surface area contributed by atoms with Gasteiger partial charge in [-0.05, 0) is 30.0 Å². The summed E-state index contributed by atoms with van der Waals surface area (Å²) < 4.78 is 0. The molecule has 0 amide bonds. The molecule has 0 bridgehead atoms. The Morgan fingerprint density at radius 3 is 2.57 bits per heavy atom. The molecule has 0 radical (unpaired) electrons. The van der Waals surface area contributed by atoms with Crippen LogP contribution in [-0.2, 0) is 0 Å². The molecule has 1 atom stereocenters. The predicted octanol–water partition coefficient (Wildman–Crippen LogP) is 3.57. The molecule has 0 spiro atoms. The SMILES string of the molecule is CC(CCNc1c(N)cccc1C(=O)O)c1ccccc1. The van der Waals surface area contributed by atoms with Crippen molar-refractivity contribution in [1.29, 1.82) is 0 Å². The zero-order chi connectivity index (χ0) is 15.2. The van der Waals surface area contributed by atoms with E-state index in [1.54, 1.807) is 18.2 Å². The lowest BCUT2D eigenvalue weighted by molar-refractivity contribution is 0.0698. The van der Waals surface area contributed by atoms with E-state index >= 15 is 0 Å². The lowest BCUT2D eigenvalue weighted by atomic mass is 9.98. The third kappa shape index (κ3) is 3.75. The van der Waals surface area contributed by atoms with Gasteiger partial charge in [0.1, 0.15) is 0 Å². The zero-order valence-corrected chi connectivity index (χ0v) is 12.0. The van der Waals surface area contributed by atoms with Crippen LogP contribution in [-0.4, -0.2) is 17.6 Å². The Morgan fingerprint density at radius 2 is 1.90 bits per heavy atom. The molecule has 0 saturated heterocycles. The van der Waals surface area contributed by atoms with Crippen LogP contribution in [0.1, 0.15) is 35.2 Å². The summed E-state index contributed by atoms with van der Waals surface area (Å²) in [6.45, 7) is 2.83. The van der Waals surface area contributed by atoms with Crippen LogP contribution in [0.15, 0.2) is 48.5 Å². The van der Waals surface area contributed by atoms with Crippen molar-refractivity contribution in [2.24, 2.45) is 0 Å². The number of nitrogen functional groups attached to an aromatic ring is 1. The van der Waals surface area contributed by atoms with Crippen molar-refractivity contribution in [3.05, 3.63) is 59.7 Å². The maximum atomic E-state index is 11.2. The van der Waals surface area contributed by atoms with E-state index in [4.69, 9.17) is 5.73 Å². The molecule has 110 valence electrons. The molecular weight excluding hydrogens is 264 g/mol. The first kappa shape index (κ1) is 14.9. The summed E-state index contributed by atoms with van der Waals surface area (Å²) in [5.41, 5.74) is 8.31. The van der Waals surface area contributed by atoms with Gasteiger partial charge in [0.25, 0.3) is 0 Å². The van der Waals surface area contributed by atoms with Crippen molar-refractivity contribution in [3.63, 3.8) is 0 Å². The van der Waals surface area contributed by atoms with E-state index in [0.29, 0.717) is 23.8 Å². The number of para-hydroxylation sites is 1. The lowest BCUT2D eigenvalue weighted by Gasteiger charge is -2.15. The molecule has 0 saturated carbocycles. The van der Waals surface area contributed by atoms with Gasteiger partial charge in [-0.3, -0.25) is 0 Å². The van der Waals surface area contributed by atoms with Gasteiger partial charge in [0.2, 0.25) is 0 Å². The second kappa shape index (κ2) is 6.79. The van der Waals surface area contributed by atoms with Crippen LogP contribution in [0, 0.1) is 0 Å². The monoisotopic (exact) mass is 284 g/mol. The highest BCUT2D eigenvalue weighted by Crippen LogP contribution is 2.25. The molecule has 1 unspecified atom stereocenters. The van der Waals surface area contributed by atoms with E-state index in [0.717, 1.165) is 6.42 Å². The van der Waals surface area contributed by atoms with Crippen LogP contribution in [0.2, 0.25) is 0 Å². The predicted molar refractivity (Wildman–Crippen MR) is 85.8 cm³/mol. The van der Waals surface area contributed by atoms with Crippen LogP contribution in [0.4, 0.5) is 11.4 Å². The first-order valence-corrected chi connectivity index (χ1v) is 7.00. The smallest absolute Gasteiger partial charge is 0.337 e. The lowest BCUT2D eigenvalue weighted by Crippen LogP contribution is -2.11. The summed E-state index contributed by atoms with van der Waals surface area (Å²) in [5.74, 6) is -0.571. The third-order valence-corrected chi connectivity index (χ3v) is 3.57. The number of benzene rings is 2. The zero-order valence-electron chi connectivity index (χ0n) is 12.0. The number of nitrogens with one attached hydrogen (secondary N) is 1. The van der Waals surface area contributed by atoms with E-state index in [-0.39, 0.29) is 5.56 Å². The number of anilines is 2. The number of rotatable bonds is 6. The second-order valence-corrected chi connectivity index (χ2v) is 5.10. The van der Waals surface area contributed by atoms with Gasteiger partial charge in [-0.25, -0.2) is 4.79 Å². The maximum Gasteiger partial charge on any atom is 0.337 e. The highest BCUT2D eigenvalue weighted by Gasteiger charge is 2.12. The Kier molecular flexibility index (Phi) is 4.82. The number of aromatic carboxylic acids is 1. The first-order chi connectivity index (χ1) is 10.1. The van der Waals surface area contributed by atoms with Gasteiger partial charge in [-0.1, -0.05) is 43.3 Å². The van der Waals surface area contributed by atoms with E-state index in [2.05, 4.69) is 24.4 Å². The molecule has 4 N–H and O–H groups in total. The fraction of sp³-hybridized carbons (Fsp3) is 0.235. The summed E-state index contributed by atoms with van der Waals surface area (Å²) in [7, 11) is 0. The molecule has 0 aliphatic rings. The molecule has 4 nitrogen and oxygen atoms in total. The Morgan fingerprint density at radius 1 is 1.19 bits per heavy atom. The number of carboxylic acids is 1. The molecule has 21 heavy (non-hydrogen) atoms. The van der Waals surface area contributed by atoms with Crippen molar-refractivity contribution in [2.75, 3.05) is 17.6 Å². The summed E-state index contributed by atoms with van der Waals surface area (Å²) >= 11 is 0. The highest BCUT2D eigenvalue weighted by atomic mass is 16.4. The molecule has 4 heteroatoms. The number of nitrogens with two attached hydrogens (primary N) is 1. The highest BCUT2D eigenvalue weighted by molar-refractivity contribution is 5.97. The topological polar surface area (TPSA) is 75.3 Å². The molecular formula is C17H20N2O2. The molecule has 0 aliphatic heterocycles. The van der Waals surface area contributed by atoms with Crippen molar-refractivity contribution < 1.29 is 9.90 Å². The number of carboxylic acid groups (broad SMARTS) is 1. The molecule has 2 aromatic carbocycles. The van der Waals surface area contributed by atoms with Crippen molar-refractivity contribution in [2.45, 2.75) is 19.3 Å². The van der Waals surface area contributed by atoms with E-state index in [1.807, 2.05) is 18.2 Å². The van der Waals surface area contributed by atoms with Gasteiger partial charge in [-0.2, -0.15) is 0 Å². The van der Waals surface area contributed by atoms with Gasteiger partial charge in [0.15, 0.2) is 0 Å². The summed E-state index contributed by atoms with van der Waals surface area (Å²) in [4.78, 5) is 11.2. The van der Waals surface area contributed by atoms with Crippen LogP contribution in [0.5, 0.6) is 0 Å². The number of hydrogen-bond donors (Lipinski definition) is 3. The van der Waals surface area contributed by atoms with Crippen molar-refractivity contribution in [3.8, 4) is 0 Å². The second-order valence-electron chi connectivity index (χ2n) is 5.10. The quantitative estimate of drug-likeness (QED) is 0.709. The summed E-state index contributed by atoms with van der Waals surface area (Å²) in [6, 6.07) is 15.2. The Balaban J connectivity index is 1.99. The minimum absolute atomic E-state index is 0.211. The van der Waals surface area contributed by atoms with Gasteiger partial charge in [-0.15, -0.1) is 0 Å². The van der Waals surface area contributed by atoms with E-state index in [1.165, 1.54) is 5.56 Å². The number of carbonyl (C=O) groups is 1. The first-order valence-electron chi connectivity index (χ1n) is 7.00. The van der Waals surface area contributed by atoms with Gasteiger partial charge < -0.3 is 16.2 Å². The Bertz CT molecular complexity index is 611. The average molecular weight is 284 g/mol. The van der Waals surface area contributed by atoms with Crippen molar-refractivity contribution >= 4 is 17.3 Å². The fourth-order valence-electron chi connectivity index (χ4n) is 2.31. The molecule has 2 rings (SSSR count). The summed E-state index contributed by atoms with van der Waals surface area (Å²) in [5, 5.41) is 12.3. The normalized spacial score (nSPS) is 11.9. The van der Waals surface area contributed by atoms with E-state index in [9.17, 15) is 9.90 Å². The Labute approximate surface area is 124 Å². The van der Waals surface area contributed by atoms with Crippen LogP contribution < -0.4 is 11.1 Å². The van der Waals surface area contributed by atoms with Crippen LogP contribution >= 0.6 is 0 Å². The molecule has 0 heterocycles. The molecule has 2 aromatic rings. The van der Waals surface area contributed by atoms with E-state index < -0.39 is 5.97 Å². The minimum atomic E-state index is -0.971. The minimum Gasteiger partial charge on any atom is -0.478 e. The average Bonchev–Trinajstić information content (AvgIpc) is 2.49. The molecule has 0 aromatic heterocycles. The largest absolute Gasteiger partial charge is 0.478 e. The van der Waals surface area contributed by atoms with Crippen LogP contribution in [0.25, 0.3) is 0 Å². The summed E-state index contributed by atoms with van der Waals surface area (Å²) in [6.07, 6.45) is 0.900. The van der Waals surface area contributed by atoms with Crippen LogP contribution in [0.3, 0.4) is 0 Å². The fourth-order valence-corrected chi connectivity index (χ4v) is 2.31. The maximum absolute atomic E-state index is 11.2. The van der Waals surface area contributed by atoms with Crippen molar-refractivity contribution in [1.82, 2.24) is 0 Å². The Hall–Kier alpha value is -2.49. The van der Waals surface area contributed by atoms with Gasteiger partial charge >= 0.3 is 5.97 Å². The van der Waals surface area contributed by atoms with Gasteiger partial charge in [0, 0.05) is 6.54 Å². The number of hydrogen-bond acceptors (Lipinski definition) is 3. The standard InChI is InChI=1S/C17H20N2O2/c1-12(13-6-3-2-4-7-13)10-11-19-16-14(17(20)21)8-5-9-15(16)18/h2-9,12,19H,10-11,18H2,1H3,(H,20,21). The van der Waals surface area contributed by atoms with Gasteiger partial charge in [0.05, 0.1) is 16.9 Å². The molecule has 0 fully saturated rings. The third-order valence-electron chi connectivity index (χ3n) is 3.57. The molecule has 0 aliphatic carbocycles.